The first-order valence-corrected chi connectivity index (χ1v) is 9.09. The maximum atomic E-state index is 10.5. The second-order valence-corrected chi connectivity index (χ2v) is 8.16. The number of hydrogen-bond donors (Lipinski definition) is 4. The standard InChI is InChI=1S/C20H22N2O3S/c1-19(2)11-20(22-18(26)21-19)10-14(12-6-4-3-5-7-12)13-8-9-15(23)16(24)17(13)25-20/h3-9,14,23-24H,10-11H2,1-2H3,(H2,21,22,26). The number of hydrogen-bond acceptors (Lipinski definition) is 4. The zero-order chi connectivity index (χ0) is 18.5. The molecule has 1 saturated heterocycles. The van der Waals surface area contributed by atoms with Crippen LogP contribution in [-0.4, -0.2) is 26.6 Å². The van der Waals surface area contributed by atoms with Crippen molar-refractivity contribution >= 4 is 17.3 Å². The molecule has 2 aromatic carbocycles. The lowest BCUT2D eigenvalue weighted by atomic mass is 9.77. The Hall–Kier alpha value is -2.47. The third kappa shape index (κ3) is 2.84. The minimum Gasteiger partial charge on any atom is -0.504 e. The molecule has 0 amide bonds. The van der Waals surface area contributed by atoms with Gasteiger partial charge < -0.3 is 25.6 Å². The van der Waals surface area contributed by atoms with Crippen LogP contribution in [0.15, 0.2) is 42.5 Å². The van der Waals surface area contributed by atoms with Crippen molar-refractivity contribution in [2.45, 2.75) is 43.9 Å². The molecule has 0 aromatic heterocycles. The monoisotopic (exact) mass is 370 g/mol. The molecular weight excluding hydrogens is 348 g/mol. The van der Waals surface area contributed by atoms with Gasteiger partial charge in [-0.2, -0.15) is 0 Å². The van der Waals surface area contributed by atoms with Gasteiger partial charge in [-0.3, -0.25) is 0 Å². The van der Waals surface area contributed by atoms with E-state index in [4.69, 9.17) is 17.0 Å². The molecule has 4 rings (SSSR count). The summed E-state index contributed by atoms with van der Waals surface area (Å²) in [5.41, 5.74) is 0.977. The smallest absolute Gasteiger partial charge is 0.200 e. The number of fused-ring (bicyclic) bond motifs is 1. The Kier molecular flexibility index (Phi) is 3.77. The maximum absolute atomic E-state index is 10.5. The first-order valence-electron chi connectivity index (χ1n) is 8.68. The summed E-state index contributed by atoms with van der Waals surface area (Å²) >= 11 is 5.41. The Bertz CT molecular complexity index is 869. The molecule has 4 N–H and O–H groups in total. The van der Waals surface area contributed by atoms with Crippen molar-refractivity contribution in [3.8, 4) is 17.2 Å². The van der Waals surface area contributed by atoms with Gasteiger partial charge in [0.15, 0.2) is 22.3 Å². The number of phenolic OH excluding ortho intramolecular Hbond substituents is 2. The SMILES string of the molecule is CC1(C)CC2(CC(c3ccccc3)c3ccc(O)c(O)c3O2)NC(=S)N1. The van der Waals surface area contributed by atoms with E-state index in [2.05, 4.69) is 36.6 Å². The third-order valence-corrected chi connectivity index (χ3v) is 5.27. The molecule has 2 atom stereocenters. The quantitative estimate of drug-likeness (QED) is 0.456. The van der Waals surface area contributed by atoms with E-state index in [1.165, 1.54) is 6.07 Å². The average molecular weight is 370 g/mol. The van der Waals surface area contributed by atoms with Gasteiger partial charge in [0.1, 0.15) is 0 Å². The molecule has 2 aromatic rings. The van der Waals surface area contributed by atoms with E-state index in [-0.39, 0.29) is 23.0 Å². The van der Waals surface area contributed by atoms with Crippen molar-refractivity contribution in [1.82, 2.24) is 10.6 Å². The topological polar surface area (TPSA) is 73.8 Å². The molecule has 26 heavy (non-hydrogen) atoms. The molecule has 2 aliphatic heterocycles. The van der Waals surface area contributed by atoms with Gasteiger partial charge >= 0.3 is 0 Å². The Morgan fingerprint density at radius 3 is 2.50 bits per heavy atom. The molecule has 6 heteroatoms. The van der Waals surface area contributed by atoms with Gasteiger partial charge in [-0.05, 0) is 37.7 Å². The van der Waals surface area contributed by atoms with Crippen molar-refractivity contribution in [2.75, 3.05) is 0 Å². The fourth-order valence-corrected chi connectivity index (χ4v) is 4.61. The van der Waals surface area contributed by atoms with E-state index in [9.17, 15) is 10.2 Å². The molecule has 2 heterocycles. The minimum atomic E-state index is -0.759. The Morgan fingerprint density at radius 2 is 1.81 bits per heavy atom. The summed E-state index contributed by atoms with van der Waals surface area (Å²) < 4.78 is 6.28. The van der Waals surface area contributed by atoms with Gasteiger partial charge in [0.2, 0.25) is 5.75 Å². The molecule has 1 fully saturated rings. The van der Waals surface area contributed by atoms with E-state index in [0.29, 0.717) is 23.7 Å². The van der Waals surface area contributed by atoms with Gasteiger partial charge in [-0.15, -0.1) is 0 Å². The highest BCUT2D eigenvalue weighted by atomic mass is 32.1. The van der Waals surface area contributed by atoms with Crippen LogP contribution in [-0.2, 0) is 0 Å². The minimum absolute atomic E-state index is 0.00986. The van der Waals surface area contributed by atoms with E-state index < -0.39 is 5.72 Å². The Labute approximate surface area is 158 Å². The molecule has 5 nitrogen and oxygen atoms in total. The molecular formula is C20H22N2O3S. The van der Waals surface area contributed by atoms with Crippen molar-refractivity contribution in [3.05, 3.63) is 53.6 Å². The summed E-state index contributed by atoms with van der Waals surface area (Å²) in [6.45, 7) is 4.14. The lowest BCUT2D eigenvalue weighted by Crippen LogP contribution is -2.69. The molecule has 136 valence electrons. The van der Waals surface area contributed by atoms with Crippen LogP contribution in [0, 0.1) is 0 Å². The van der Waals surface area contributed by atoms with Crippen molar-refractivity contribution in [3.63, 3.8) is 0 Å². The molecule has 0 bridgehead atoms. The van der Waals surface area contributed by atoms with Crippen LogP contribution in [0.25, 0.3) is 0 Å². The molecule has 0 saturated carbocycles. The van der Waals surface area contributed by atoms with Crippen molar-refractivity contribution in [2.24, 2.45) is 0 Å². The number of rotatable bonds is 1. The third-order valence-electron chi connectivity index (χ3n) is 5.07. The largest absolute Gasteiger partial charge is 0.504 e. The van der Waals surface area contributed by atoms with E-state index in [1.807, 2.05) is 24.3 Å². The van der Waals surface area contributed by atoms with E-state index in [0.717, 1.165) is 11.1 Å². The van der Waals surface area contributed by atoms with Crippen molar-refractivity contribution < 1.29 is 14.9 Å². The lowest BCUT2D eigenvalue weighted by Gasteiger charge is -2.50. The summed E-state index contributed by atoms with van der Waals surface area (Å²) in [5.74, 6) is -0.0938. The molecule has 2 aliphatic rings. The second kappa shape index (κ2) is 5.77. The molecule has 0 aliphatic carbocycles. The van der Waals surface area contributed by atoms with Crippen LogP contribution in [0.5, 0.6) is 17.2 Å². The normalized spacial score (nSPS) is 26.4. The van der Waals surface area contributed by atoms with Crippen LogP contribution >= 0.6 is 12.2 Å². The van der Waals surface area contributed by atoms with Crippen LogP contribution in [0.4, 0.5) is 0 Å². The highest BCUT2D eigenvalue weighted by molar-refractivity contribution is 7.80. The number of ether oxygens (including phenoxy) is 1. The maximum Gasteiger partial charge on any atom is 0.200 e. The number of nitrogens with one attached hydrogen (secondary N) is 2. The molecule has 0 radical (unpaired) electrons. The Balaban J connectivity index is 1.86. The summed E-state index contributed by atoms with van der Waals surface area (Å²) in [6.07, 6.45) is 1.32. The van der Waals surface area contributed by atoms with Crippen LogP contribution in [0.3, 0.4) is 0 Å². The summed E-state index contributed by atoms with van der Waals surface area (Å²) in [6, 6.07) is 13.5. The van der Waals surface area contributed by atoms with Gasteiger partial charge in [0.05, 0.1) is 0 Å². The molecule has 2 unspecified atom stereocenters. The highest BCUT2D eigenvalue weighted by Crippen LogP contribution is 2.52. The Morgan fingerprint density at radius 1 is 1.08 bits per heavy atom. The predicted molar refractivity (Wildman–Crippen MR) is 104 cm³/mol. The highest BCUT2D eigenvalue weighted by Gasteiger charge is 2.49. The lowest BCUT2D eigenvalue weighted by molar-refractivity contribution is -0.0150. The van der Waals surface area contributed by atoms with Crippen LogP contribution in [0.2, 0.25) is 0 Å². The zero-order valence-electron chi connectivity index (χ0n) is 14.7. The zero-order valence-corrected chi connectivity index (χ0v) is 15.6. The summed E-state index contributed by atoms with van der Waals surface area (Å²) in [7, 11) is 0. The van der Waals surface area contributed by atoms with Crippen LogP contribution < -0.4 is 15.4 Å². The van der Waals surface area contributed by atoms with E-state index in [1.54, 1.807) is 0 Å². The summed E-state index contributed by atoms with van der Waals surface area (Å²) in [4.78, 5) is 0. The van der Waals surface area contributed by atoms with Gasteiger partial charge in [0.25, 0.3) is 0 Å². The predicted octanol–water partition coefficient (Wildman–Crippen LogP) is 3.35. The number of thiocarbonyl (C=S) groups is 1. The summed E-state index contributed by atoms with van der Waals surface area (Å²) in [5, 5.41) is 27.5. The number of benzene rings is 2. The fourth-order valence-electron chi connectivity index (χ4n) is 4.15. The van der Waals surface area contributed by atoms with Gasteiger partial charge in [0, 0.05) is 29.9 Å². The van der Waals surface area contributed by atoms with Crippen molar-refractivity contribution in [1.29, 1.82) is 0 Å². The first kappa shape index (κ1) is 17.0. The van der Waals surface area contributed by atoms with Gasteiger partial charge in [-0.1, -0.05) is 36.4 Å². The van der Waals surface area contributed by atoms with Crippen LogP contribution in [0.1, 0.15) is 43.7 Å². The first-order chi connectivity index (χ1) is 12.3. The molecule has 1 spiro atoms. The fraction of sp³-hybridized carbons (Fsp3) is 0.350. The van der Waals surface area contributed by atoms with Gasteiger partial charge in [-0.25, -0.2) is 0 Å². The second-order valence-electron chi connectivity index (χ2n) is 7.76. The van der Waals surface area contributed by atoms with E-state index >= 15 is 0 Å². The number of phenols is 2. The number of aromatic hydroxyl groups is 2. The average Bonchev–Trinajstić information content (AvgIpc) is 2.57.